The van der Waals surface area contributed by atoms with Crippen molar-refractivity contribution in [3.63, 3.8) is 0 Å². The van der Waals surface area contributed by atoms with Crippen molar-refractivity contribution < 1.29 is 9.53 Å². The number of benzene rings is 2. The number of para-hydroxylation sites is 1. The van der Waals surface area contributed by atoms with E-state index in [0.717, 1.165) is 16.8 Å². The molecule has 0 atom stereocenters. The Morgan fingerprint density at radius 2 is 1.79 bits per heavy atom. The first-order valence-electron chi connectivity index (χ1n) is 9.02. The fourth-order valence-corrected chi connectivity index (χ4v) is 4.34. The minimum absolute atomic E-state index is 0.168. The van der Waals surface area contributed by atoms with Crippen LogP contribution in [0.1, 0.15) is 16.6 Å². The number of nitrogens with one attached hydrogen (secondary N) is 1. The Bertz CT molecular complexity index is 1230. The molecule has 29 heavy (non-hydrogen) atoms. The standard InChI is InChI=1S/C22H17ClN2O3S/c1-2-28-22(27)20-19(24-15-10-8-14(23)9-11-15)17-12-13-18(26)25(21(17)29-20)16-6-4-3-5-7-16/h3-13,24H,2H2,1H3. The lowest BCUT2D eigenvalue weighted by atomic mass is 10.2. The van der Waals surface area contributed by atoms with Crippen molar-refractivity contribution in [2.75, 3.05) is 11.9 Å². The zero-order valence-corrected chi connectivity index (χ0v) is 17.1. The molecule has 7 heteroatoms. The summed E-state index contributed by atoms with van der Waals surface area (Å²) in [7, 11) is 0. The van der Waals surface area contributed by atoms with E-state index in [0.29, 0.717) is 20.4 Å². The summed E-state index contributed by atoms with van der Waals surface area (Å²) >= 11 is 7.21. The molecule has 0 saturated heterocycles. The molecule has 0 aliphatic carbocycles. The van der Waals surface area contributed by atoms with Gasteiger partial charge in [0.15, 0.2) is 0 Å². The number of rotatable bonds is 5. The Labute approximate surface area is 176 Å². The van der Waals surface area contributed by atoms with Crippen LogP contribution in [0.15, 0.2) is 71.5 Å². The Kier molecular flexibility index (Phi) is 5.38. The maximum absolute atomic E-state index is 12.7. The average Bonchev–Trinajstić information content (AvgIpc) is 3.09. The van der Waals surface area contributed by atoms with Crippen LogP contribution in [0.5, 0.6) is 0 Å². The number of carbonyl (C=O) groups is 1. The van der Waals surface area contributed by atoms with Crippen molar-refractivity contribution in [1.29, 1.82) is 0 Å². The summed E-state index contributed by atoms with van der Waals surface area (Å²) < 4.78 is 6.86. The average molecular weight is 425 g/mol. The smallest absolute Gasteiger partial charge is 0.350 e. The van der Waals surface area contributed by atoms with Gasteiger partial charge in [-0.05, 0) is 49.4 Å². The van der Waals surface area contributed by atoms with Crippen LogP contribution in [-0.2, 0) is 4.74 Å². The SMILES string of the molecule is CCOC(=O)c1sc2c(ccc(=O)n2-c2ccccc2)c1Nc1ccc(Cl)cc1. The molecule has 0 aliphatic heterocycles. The van der Waals surface area contributed by atoms with Gasteiger partial charge in [0, 0.05) is 22.2 Å². The number of hydrogen-bond donors (Lipinski definition) is 1. The number of ether oxygens (including phenoxy) is 1. The third kappa shape index (κ3) is 3.77. The van der Waals surface area contributed by atoms with Gasteiger partial charge in [-0.2, -0.15) is 0 Å². The molecular formula is C22H17ClN2O3S. The van der Waals surface area contributed by atoms with Crippen molar-refractivity contribution in [1.82, 2.24) is 4.57 Å². The predicted octanol–water partition coefficient (Wildman–Crippen LogP) is 5.63. The molecule has 2 aromatic carbocycles. The van der Waals surface area contributed by atoms with E-state index in [-0.39, 0.29) is 12.2 Å². The Balaban J connectivity index is 1.95. The number of anilines is 2. The van der Waals surface area contributed by atoms with Crippen LogP contribution >= 0.6 is 22.9 Å². The number of fused-ring (bicyclic) bond motifs is 1. The molecule has 146 valence electrons. The van der Waals surface area contributed by atoms with E-state index < -0.39 is 5.97 Å². The lowest BCUT2D eigenvalue weighted by molar-refractivity contribution is 0.0533. The summed E-state index contributed by atoms with van der Waals surface area (Å²) in [5, 5.41) is 4.68. The molecule has 4 aromatic rings. The maximum Gasteiger partial charge on any atom is 0.350 e. The van der Waals surface area contributed by atoms with Gasteiger partial charge < -0.3 is 10.1 Å². The summed E-state index contributed by atoms with van der Waals surface area (Å²) in [4.78, 5) is 26.4. The number of aromatic nitrogens is 1. The number of pyridine rings is 1. The second-order valence-electron chi connectivity index (χ2n) is 6.22. The fraction of sp³-hybridized carbons (Fsp3) is 0.0909. The summed E-state index contributed by atoms with van der Waals surface area (Å²) in [6, 6.07) is 19.8. The molecule has 2 heterocycles. The summed E-state index contributed by atoms with van der Waals surface area (Å²) in [5.41, 5.74) is 1.95. The van der Waals surface area contributed by atoms with E-state index in [9.17, 15) is 9.59 Å². The minimum Gasteiger partial charge on any atom is -0.462 e. The number of halogens is 1. The quantitative estimate of drug-likeness (QED) is 0.422. The van der Waals surface area contributed by atoms with Gasteiger partial charge in [0.05, 0.1) is 18.0 Å². The normalized spacial score (nSPS) is 10.8. The topological polar surface area (TPSA) is 60.3 Å². The molecule has 0 bridgehead atoms. The Morgan fingerprint density at radius 1 is 1.07 bits per heavy atom. The third-order valence-corrected chi connectivity index (χ3v) is 5.75. The van der Waals surface area contributed by atoms with Crippen LogP contribution in [-0.4, -0.2) is 17.1 Å². The van der Waals surface area contributed by atoms with E-state index in [1.165, 1.54) is 17.4 Å². The second kappa shape index (κ2) is 8.11. The highest BCUT2D eigenvalue weighted by atomic mass is 35.5. The molecule has 2 aromatic heterocycles. The van der Waals surface area contributed by atoms with Crippen molar-refractivity contribution in [3.05, 3.63) is 87.0 Å². The number of nitrogens with zero attached hydrogens (tertiary/aromatic N) is 1. The number of carbonyl (C=O) groups excluding carboxylic acids is 1. The van der Waals surface area contributed by atoms with Crippen LogP contribution in [0, 0.1) is 0 Å². The molecule has 0 amide bonds. The predicted molar refractivity (Wildman–Crippen MR) is 118 cm³/mol. The van der Waals surface area contributed by atoms with E-state index in [1.54, 1.807) is 29.7 Å². The molecule has 0 saturated carbocycles. The molecule has 1 N–H and O–H groups in total. The molecule has 0 aliphatic rings. The lowest BCUT2D eigenvalue weighted by Gasteiger charge is -2.09. The van der Waals surface area contributed by atoms with Gasteiger partial charge >= 0.3 is 5.97 Å². The van der Waals surface area contributed by atoms with E-state index in [1.807, 2.05) is 42.5 Å². The first kappa shape index (κ1) is 19.2. The second-order valence-corrected chi connectivity index (χ2v) is 7.66. The van der Waals surface area contributed by atoms with Crippen molar-refractivity contribution >= 4 is 50.5 Å². The summed E-state index contributed by atoms with van der Waals surface area (Å²) in [6.07, 6.45) is 0. The van der Waals surface area contributed by atoms with Gasteiger partial charge in [0.2, 0.25) is 0 Å². The van der Waals surface area contributed by atoms with Gasteiger partial charge in [-0.25, -0.2) is 4.79 Å². The zero-order chi connectivity index (χ0) is 20.4. The summed E-state index contributed by atoms with van der Waals surface area (Å²) in [6.45, 7) is 2.02. The van der Waals surface area contributed by atoms with Gasteiger partial charge in [-0.3, -0.25) is 9.36 Å². The van der Waals surface area contributed by atoms with Crippen molar-refractivity contribution in [2.45, 2.75) is 6.92 Å². The highest BCUT2D eigenvalue weighted by Crippen LogP contribution is 2.38. The van der Waals surface area contributed by atoms with Crippen molar-refractivity contribution in [2.24, 2.45) is 0 Å². The molecule has 4 rings (SSSR count). The van der Waals surface area contributed by atoms with Gasteiger partial charge in [0.25, 0.3) is 5.56 Å². The first-order chi connectivity index (χ1) is 14.1. The molecule has 0 unspecified atom stereocenters. The monoisotopic (exact) mass is 424 g/mol. The van der Waals surface area contributed by atoms with Gasteiger partial charge in [0.1, 0.15) is 9.71 Å². The highest BCUT2D eigenvalue weighted by Gasteiger charge is 2.22. The lowest BCUT2D eigenvalue weighted by Crippen LogP contribution is -2.16. The molecule has 0 spiro atoms. The minimum atomic E-state index is -0.433. The van der Waals surface area contributed by atoms with Crippen LogP contribution in [0.3, 0.4) is 0 Å². The molecule has 5 nitrogen and oxygen atoms in total. The van der Waals surface area contributed by atoms with Gasteiger partial charge in [-0.1, -0.05) is 29.8 Å². The Hall–Kier alpha value is -3.09. The van der Waals surface area contributed by atoms with Gasteiger partial charge in [-0.15, -0.1) is 11.3 Å². The zero-order valence-electron chi connectivity index (χ0n) is 15.5. The van der Waals surface area contributed by atoms with Crippen LogP contribution in [0.2, 0.25) is 5.02 Å². The first-order valence-corrected chi connectivity index (χ1v) is 10.2. The largest absolute Gasteiger partial charge is 0.462 e. The Morgan fingerprint density at radius 3 is 2.48 bits per heavy atom. The molecule has 0 radical (unpaired) electrons. The van der Waals surface area contributed by atoms with E-state index in [2.05, 4.69) is 5.32 Å². The third-order valence-electron chi connectivity index (χ3n) is 4.33. The number of thiophene rings is 1. The number of esters is 1. The molecular weight excluding hydrogens is 408 g/mol. The van der Waals surface area contributed by atoms with Crippen LogP contribution < -0.4 is 10.9 Å². The van der Waals surface area contributed by atoms with Crippen molar-refractivity contribution in [3.8, 4) is 5.69 Å². The number of hydrogen-bond acceptors (Lipinski definition) is 5. The summed E-state index contributed by atoms with van der Waals surface area (Å²) in [5.74, 6) is -0.433. The highest BCUT2D eigenvalue weighted by molar-refractivity contribution is 7.21. The fourth-order valence-electron chi connectivity index (χ4n) is 3.05. The van der Waals surface area contributed by atoms with Crippen LogP contribution in [0.25, 0.3) is 15.9 Å². The van der Waals surface area contributed by atoms with E-state index in [4.69, 9.17) is 16.3 Å². The van der Waals surface area contributed by atoms with E-state index >= 15 is 0 Å². The van der Waals surface area contributed by atoms with Crippen LogP contribution in [0.4, 0.5) is 11.4 Å². The maximum atomic E-state index is 12.7. The molecule has 0 fully saturated rings.